The second kappa shape index (κ2) is 4.78. The van der Waals surface area contributed by atoms with Crippen molar-refractivity contribution in [1.29, 1.82) is 5.26 Å². The molecule has 0 spiro atoms. The number of aromatic nitrogens is 1. The van der Waals surface area contributed by atoms with Crippen molar-refractivity contribution in [3.8, 4) is 6.07 Å². The van der Waals surface area contributed by atoms with E-state index in [1.165, 1.54) is 0 Å². The molecule has 0 aliphatic heterocycles. The van der Waals surface area contributed by atoms with Gasteiger partial charge in [0.1, 0.15) is 11.8 Å². The van der Waals surface area contributed by atoms with Crippen LogP contribution in [0.15, 0.2) is 18.3 Å². The molecule has 0 saturated heterocycles. The van der Waals surface area contributed by atoms with Crippen LogP contribution in [0.2, 0.25) is 0 Å². The third-order valence-electron chi connectivity index (χ3n) is 1.60. The van der Waals surface area contributed by atoms with Gasteiger partial charge >= 0.3 is 0 Å². The molecule has 0 saturated carbocycles. The Hall–Kier alpha value is -1.14. The van der Waals surface area contributed by atoms with Crippen molar-refractivity contribution in [3.05, 3.63) is 35.2 Å². The average Bonchev–Trinajstić information content (AvgIpc) is 2.15. The zero-order valence-corrected chi connectivity index (χ0v) is 8.87. The molecule has 13 heavy (non-hydrogen) atoms. The maximum absolute atomic E-state index is 8.65. The topological polar surface area (TPSA) is 36.7 Å². The number of alkyl halides is 1. The van der Waals surface area contributed by atoms with E-state index in [4.69, 9.17) is 5.26 Å². The molecule has 0 aliphatic carbocycles. The summed E-state index contributed by atoms with van der Waals surface area (Å²) in [5.74, 6) is 0. The van der Waals surface area contributed by atoms with E-state index >= 15 is 0 Å². The maximum Gasteiger partial charge on any atom is 0.143 e. The van der Waals surface area contributed by atoms with Crippen LogP contribution in [0.4, 0.5) is 0 Å². The fourth-order valence-corrected chi connectivity index (χ4v) is 1.17. The van der Waals surface area contributed by atoms with Crippen LogP contribution >= 0.6 is 15.9 Å². The van der Waals surface area contributed by atoms with Crippen molar-refractivity contribution in [2.45, 2.75) is 6.92 Å². The zero-order valence-electron chi connectivity index (χ0n) is 7.29. The van der Waals surface area contributed by atoms with Gasteiger partial charge in [0.2, 0.25) is 0 Å². The van der Waals surface area contributed by atoms with Gasteiger partial charge in [-0.3, -0.25) is 0 Å². The van der Waals surface area contributed by atoms with Crippen LogP contribution in [0.5, 0.6) is 0 Å². The predicted octanol–water partition coefficient (Wildman–Crippen LogP) is 2.67. The van der Waals surface area contributed by atoms with E-state index in [1.54, 1.807) is 6.20 Å². The SMILES string of the molecule is Cc1cc(C=CCBr)cnc1C#N. The van der Waals surface area contributed by atoms with Gasteiger partial charge in [0.15, 0.2) is 0 Å². The Labute approximate surface area is 86.0 Å². The van der Waals surface area contributed by atoms with Crippen LogP contribution in [0.1, 0.15) is 16.8 Å². The number of hydrogen-bond acceptors (Lipinski definition) is 2. The lowest BCUT2D eigenvalue weighted by molar-refractivity contribution is 1.20. The minimum Gasteiger partial charge on any atom is -0.245 e. The molecule has 0 fully saturated rings. The third-order valence-corrected chi connectivity index (χ3v) is 1.98. The van der Waals surface area contributed by atoms with Crippen LogP contribution in [0.25, 0.3) is 6.08 Å². The number of nitrogens with zero attached hydrogens (tertiary/aromatic N) is 2. The summed E-state index contributed by atoms with van der Waals surface area (Å²) < 4.78 is 0. The quantitative estimate of drug-likeness (QED) is 0.741. The second-order valence-corrected chi connectivity index (χ2v) is 3.25. The van der Waals surface area contributed by atoms with E-state index < -0.39 is 0 Å². The Morgan fingerprint density at radius 1 is 1.69 bits per heavy atom. The number of rotatable bonds is 2. The first-order chi connectivity index (χ1) is 6.27. The highest BCUT2D eigenvalue weighted by Crippen LogP contribution is 2.08. The third kappa shape index (κ3) is 2.67. The number of nitriles is 1. The van der Waals surface area contributed by atoms with E-state index in [2.05, 4.69) is 20.9 Å². The molecule has 66 valence electrons. The van der Waals surface area contributed by atoms with Gasteiger partial charge in [-0.2, -0.15) is 5.26 Å². The number of hydrogen-bond donors (Lipinski definition) is 0. The molecule has 1 aromatic rings. The molecule has 0 radical (unpaired) electrons. The first kappa shape index (κ1) is 9.94. The minimum atomic E-state index is 0.496. The summed E-state index contributed by atoms with van der Waals surface area (Å²) in [7, 11) is 0. The average molecular weight is 237 g/mol. The number of allylic oxidation sites excluding steroid dienone is 1. The Balaban J connectivity index is 2.97. The summed E-state index contributed by atoms with van der Waals surface area (Å²) in [4.78, 5) is 4.02. The Morgan fingerprint density at radius 2 is 2.46 bits per heavy atom. The van der Waals surface area contributed by atoms with Gasteiger partial charge in [-0.05, 0) is 24.1 Å². The van der Waals surface area contributed by atoms with Crippen LogP contribution in [-0.4, -0.2) is 10.3 Å². The summed E-state index contributed by atoms with van der Waals surface area (Å²) in [5, 5.41) is 9.47. The molecule has 0 atom stereocenters. The highest BCUT2D eigenvalue weighted by atomic mass is 79.9. The molecule has 1 rings (SSSR count). The lowest BCUT2D eigenvalue weighted by atomic mass is 10.1. The Kier molecular flexibility index (Phi) is 3.66. The first-order valence-corrected chi connectivity index (χ1v) is 4.99. The van der Waals surface area contributed by atoms with Gasteiger partial charge < -0.3 is 0 Å². The van der Waals surface area contributed by atoms with Gasteiger partial charge in [0, 0.05) is 11.5 Å². The summed E-state index contributed by atoms with van der Waals surface area (Å²) in [6, 6.07) is 3.98. The first-order valence-electron chi connectivity index (χ1n) is 3.87. The van der Waals surface area contributed by atoms with Crippen molar-refractivity contribution >= 4 is 22.0 Å². The number of aryl methyl sites for hydroxylation is 1. The van der Waals surface area contributed by atoms with Crippen LogP contribution in [-0.2, 0) is 0 Å². The van der Waals surface area contributed by atoms with Gasteiger partial charge in [-0.15, -0.1) is 0 Å². The molecule has 2 nitrogen and oxygen atoms in total. The monoisotopic (exact) mass is 236 g/mol. The van der Waals surface area contributed by atoms with Gasteiger partial charge in [-0.25, -0.2) is 4.98 Å². The summed E-state index contributed by atoms with van der Waals surface area (Å²) >= 11 is 3.29. The normalized spacial score (nSPS) is 10.2. The highest BCUT2D eigenvalue weighted by Gasteiger charge is 1.97. The highest BCUT2D eigenvalue weighted by molar-refractivity contribution is 9.09. The molecule has 0 aromatic carbocycles. The zero-order chi connectivity index (χ0) is 9.68. The van der Waals surface area contributed by atoms with Crippen molar-refractivity contribution in [2.24, 2.45) is 0 Å². The van der Waals surface area contributed by atoms with Crippen molar-refractivity contribution in [2.75, 3.05) is 5.33 Å². The molecule has 0 amide bonds. The van der Waals surface area contributed by atoms with Crippen LogP contribution < -0.4 is 0 Å². The van der Waals surface area contributed by atoms with E-state index in [1.807, 2.05) is 31.2 Å². The number of pyridine rings is 1. The van der Waals surface area contributed by atoms with Gasteiger partial charge in [0.25, 0.3) is 0 Å². The predicted molar refractivity (Wildman–Crippen MR) is 56.5 cm³/mol. The summed E-state index contributed by atoms with van der Waals surface area (Å²) in [5.41, 5.74) is 2.44. The van der Waals surface area contributed by atoms with E-state index in [9.17, 15) is 0 Å². The van der Waals surface area contributed by atoms with Crippen molar-refractivity contribution < 1.29 is 0 Å². The van der Waals surface area contributed by atoms with Crippen molar-refractivity contribution in [3.63, 3.8) is 0 Å². The van der Waals surface area contributed by atoms with Crippen LogP contribution in [0, 0.1) is 18.3 Å². The molecular weight excluding hydrogens is 228 g/mol. The van der Waals surface area contributed by atoms with E-state index in [-0.39, 0.29) is 0 Å². The maximum atomic E-state index is 8.65. The lowest BCUT2D eigenvalue weighted by Crippen LogP contribution is -1.88. The molecule has 0 bridgehead atoms. The summed E-state index contributed by atoms with van der Waals surface area (Å²) in [6.07, 6.45) is 5.66. The largest absolute Gasteiger partial charge is 0.245 e. The van der Waals surface area contributed by atoms with E-state index in [0.717, 1.165) is 16.5 Å². The van der Waals surface area contributed by atoms with Gasteiger partial charge in [0.05, 0.1) is 0 Å². The molecule has 0 N–H and O–H groups in total. The Morgan fingerprint density at radius 3 is 3.00 bits per heavy atom. The lowest BCUT2D eigenvalue weighted by Gasteiger charge is -1.97. The smallest absolute Gasteiger partial charge is 0.143 e. The standard InChI is InChI=1S/C10H9BrN2/c1-8-5-9(3-2-4-11)7-13-10(8)6-12/h2-3,5,7H,4H2,1H3. The molecule has 0 aliphatic rings. The van der Waals surface area contributed by atoms with Crippen LogP contribution in [0.3, 0.4) is 0 Å². The van der Waals surface area contributed by atoms with E-state index in [0.29, 0.717) is 5.69 Å². The fraction of sp³-hybridized carbons (Fsp3) is 0.200. The fourth-order valence-electron chi connectivity index (χ4n) is 0.985. The second-order valence-electron chi connectivity index (χ2n) is 2.60. The Bertz CT molecular complexity index is 364. The molecule has 1 heterocycles. The number of halogens is 1. The molecule has 3 heteroatoms. The molecular formula is C10H9BrN2. The van der Waals surface area contributed by atoms with Crippen molar-refractivity contribution in [1.82, 2.24) is 4.98 Å². The summed E-state index contributed by atoms with van der Waals surface area (Å²) in [6.45, 7) is 1.89. The molecule has 1 aromatic heterocycles. The minimum absolute atomic E-state index is 0.496. The molecule has 0 unspecified atom stereocenters. The van der Waals surface area contributed by atoms with Gasteiger partial charge in [-0.1, -0.05) is 28.1 Å².